The van der Waals surface area contributed by atoms with Crippen LogP contribution in [0.3, 0.4) is 0 Å². The Balaban J connectivity index is 0.00000169. The van der Waals surface area contributed by atoms with Gasteiger partial charge in [-0.3, -0.25) is 4.79 Å². The van der Waals surface area contributed by atoms with Crippen LogP contribution >= 0.6 is 24.8 Å². The summed E-state index contributed by atoms with van der Waals surface area (Å²) in [5, 5.41) is 10.8. The fourth-order valence-electron chi connectivity index (χ4n) is 2.44. The Kier molecular flexibility index (Phi) is 7.36. The van der Waals surface area contributed by atoms with Crippen molar-refractivity contribution in [2.24, 2.45) is 0 Å². The maximum absolute atomic E-state index is 12.5. The van der Waals surface area contributed by atoms with E-state index in [-0.39, 0.29) is 48.3 Å². The van der Waals surface area contributed by atoms with Crippen LogP contribution in [0.4, 0.5) is 13.2 Å². The van der Waals surface area contributed by atoms with Gasteiger partial charge < -0.3 is 10.2 Å². The fourth-order valence-corrected chi connectivity index (χ4v) is 2.44. The molecule has 0 radical (unpaired) electrons. The number of carbonyl (C=O) groups is 1. The summed E-state index contributed by atoms with van der Waals surface area (Å²) in [5.74, 6) is -0.107. The summed E-state index contributed by atoms with van der Waals surface area (Å²) in [6.45, 7) is 3.79. The van der Waals surface area contributed by atoms with Gasteiger partial charge in [0.25, 0.3) is 5.91 Å². The summed E-state index contributed by atoms with van der Waals surface area (Å²) < 4.78 is 38.8. The lowest BCUT2D eigenvalue weighted by Crippen LogP contribution is -2.51. The van der Waals surface area contributed by atoms with Crippen LogP contribution in [-0.2, 0) is 6.18 Å². The molecule has 0 aliphatic carbocycles. The molecule has 26 heavy (non-hydrogen) atoms. The van der Waals surface area contributed by atoms with Crippen molar-refractivity contribution in [3.8, 4) is 5.82 Å². The summed E-state index contributed by atoms with van der Waals surface area (Å²) in [7, 11) is 0. The zero-order valence-electron chi connectivity index (χ0n) is 13.6. The number of nitrogens with zero attached hydrogens (tertiary/aromatic N) is 5. The summed E-state index contributed by atoms with van der Waals surface area (Å²) in [6, 6.07) is 2.27. The van der Waals surface area contributed by atoms with Crippen molar-refractivity contribution in [3.63, 3.8) is 0 Å². The molecule has 0 aromatic carbocycles. The van der Waals surface area contributed by atoms with Crippen LogP contribution in [0.2, 0.25) is 0 Å². The SMILES string of the molecule is CC1CN(C(=O)c2cn(-c3ccc(C(F)(F)F)cn3)nn2)CCN1.Cl.Cl. The Morgan fingerprint density at radius 3 is 2.62 bits per heavy atom. The number of amides is 1. The van der Waals surface area contributed by atoms with Crippen molar-refractivity contribution in [2.45, 2.75) is 19.1 Å². The average Bonchev–Trinajstić information content (AvgIpc) is 3.03. The third-order valence-electron chi connectivity index (χ3n) is 3.68. The molecule has 1 amide bonds. The van der Waals surface area contributed by atoms with E-state index in [0.29, 0.717) is 19.6 Å². The van der Waals surface area contributed by atoms with E-state index in [1.165, 1.54) is 16.9 Å². The van der Waals surface area contributed by atoms with E-state index in [1.807, 2.05) is 6.92 Å². The molecule has 2 aromatic rings. The summed E-state index contributed by atoms with van der Waals surface area (Å²) in [6.07, 6.45) is -2.37. The van der Waals surface area contributed by atoms with E-state index in [9.17, 15) is 18.0 Å². The van der Waals surface area contributed by atoms with Gasteiger partial charge in [0.1, 0.15) is 0 Å². The van der Waals surface area contributed by atoms with Crippen LogP contribution in [0.15, 0.2) is 24.5 Å². The Morgan fingerprint density at radius 1 is 1.31 bits per heavy atom. The van der Waals surface area contributed by atoms with Gasteiger partial charge >= 0.3 is 6.18 Å². The number of rotatable bonds is 2. The van der Waals surface area contributed by atoms with Crippen LogP contribution in [0.1, 0.15) is 23.0 Å². The first kappa shape index (κ1) is 22.1. The van der Waals surface area contributed by atoms with Gasteiger partial charge in [-0.1, -0.05) is 5.21 Å². The summed E-state index contributed by atoms with van der Waals surface area (Å²) in [5.41, 5.74) is -0.719. The van der Waals surface area contributed by atoms with E-state index < -0.39 is 11.7 Å². The highest BCUT2D eigenvalue weighted by Crippen LogP contribution is 2.28. The maximum Gasteiger partial charge on any atom is 0.417 e. The second-order valence-electron chi connectivity index (χ2n) is 5.56. The van der Waals surface area contributed by atoms with Gasteiger partial charge in [-0.05, 0) is 19.1 Å². The van der Waals surface area contributed by atoms with Gasteiger partial charge in [0, 0.05) is 31.9 Å². The number of aromatic nitrogens is 4. The predicted molar refractivity (Wildman–Crippen MR) is 92.0 cm³/mol. The van der Waals surface area contributed by atoms with E-state index in [1.54, 1.807) is 4.90 Å². The minimum atomic E-state index is -4.45. The Hall–Kier alpha value is -1.91. The minimum absolute atomic E-state index is 0. The molecular formula is C14H17Cl2F3N6O. The van der Waals surface area contributed by atoms with Crippen molar-refractivity contribution >= 4 is 30.7 Å². The molecule has 144 valence electrons. The molecule has 3 rings (SSSR count). The Morgan fingerprint density at radius 2 is 2.04 bits per heavy atom. The first-order valence-electron chi connectivity index (χ1n) is 7.33. The quantitative estimate of drug-likeness (QED) is 0.815. The second-order valence-corrected chi connectivity index (χ2v) is 5.56. The smallest absolute Gasteiger partial charge is 0.334 e. The van der Waals surface area contributed by atoms with E-state index >= 15 is 0 Å². The highest BCUT2D eigenvalue weighted by Gasteiger charge is 2.31. The molecule has 1 aliphatic rings. The topological polar surface area (TPSA) is 75.9 Å². The molecule has 2 aromatic heterocycles. The van der Waals surface area contributed by atoms with Crippen LogP contribution in [-0.4, -0.2) is 56.5 Å². The summed E-state index contributed by atoms with van der Waals surface area (Å²) >= 11 is 0. The molecule has 3 heterocycles. The predicted octanol–water partition coefficient (Wildman–Crippen LogP) is 1.96. The highest BCUT2D eigenvalue weighted by atomic mass is 35.5. The first-order chi connectivity index (χ1) is 11.3. The van der Waals surface area contributed by atoms with Crippen LogP contribution in [0, 0.1) is 0 Å². The van der Waals surface area contributed by atoms with Gasteiger partial charge in [-0.25, -0.2) is 9.67 Å². The summed E-state index contributed by atoms with van der Waals surface area (Å²) in [4.78, 5) is 17.8. The Bertz CT molecular complexity index is 737. The van der Waals surface area contributed by atoms with Gasteiger partial charge in [0.05, 0.1) is 11.8 Å². The van der Waals surface area contributed by atoms with Gasteiger partial charge in [0.2, 0.25) is 0 Å². The van der Waals surface area contributed by atoms with Crippen molar-refractivity contribution in [3.05, 3.63) is 35.8 Å². The van der Waals surface area contributed by atoms with Crippen LogP contribution < -0.4 is 5.32 Å². The molecule has 1 N–H and O–H groups in total. The molecule has 0 spiro atoms. The molecule has 1 fully saturated rings. The zero-order valence-corrected chi connectivity index (χ0v) is 15.2. The zero-order chi connectivity index (χ0) is 17.3. The lowest BCUT2D eigenvalue weighted by molar-refractivity contribution is -0.137. The Labute approximate surface area is 159 Å². The third-order valence-corrected chi connectivity index (χ3v) is 3.68. The molecule has 1 unspecified atom stereocenters. The second kappa shape index (κ2) is 8.65. The molecular weight excluding hydrogens is 396 g/mol. The normalized spacial score (nSPS) is 17.2. The molecule has 1 atom stereocenters. The van der Waals surface area contributed by atoms with Crippen molar-refractivity contribution in [1.82, 2.24) is 30.2 Å². The number of pyridine rings is 1. The number of piperazine rings is 1. The fraction of sp³-hybridized carbons (Fsp3) is 0.429. The number of hydrogen-bond acceptors (Lipinski definition) is 5. The van der Waals surface area contributed by atoms with Crippen molar-refractivity contribution in [2.75, 3.05) is 19.6 Å². The number of nitrogens with one attached hydrogen (secondary N) is 1. The van der Waals surface area contributed by atoms with Gasteiger partial charge in [-0.2, -0.15) is 13.2 Å². The van der Waals surface area contributed by atoms with E-state index in [2.05, 4.69) is 20.6 Å². The van der Waals surface area contributed by atoms with Crippen LogP contribution in [0.5, 0.6) is 0 Å². The number of alkyl halides is 3. The number of carbonyl (C=O) groups excluding carboxylic acids is 1. The largest absolute Gasteiger partial charge is 0.417 e. The van der Waals surface area contributed by atoms with E-state index in [4.69, 9.17) is 0 Å². The molecule has 0 bridgehead atoms. The molecule has 12 heteroatoms. The monoisotopic (exact) mass is 412 g/mol. The van der Waals surface area contributed by atoms with Gasteiger partial charge in [-0.15, -0.1) is 29.9 Å². The number of halogens is 5. The maximum atomic E-state index is 12.5. The van der Waals surface area contributed by atoms with Crippen molar-refractivity contribution in [1.29, 1.82) is 0 Å². The van der Waals surface area contributed by atoms with E-state index in [0.717, 1.165) is 12.3 Å². The highest BCUT2D eigenvalue weighted by molar-refractivity contribution is 5.92. The standard InChI is InChI=1S/C14H15F3N6O.2ClH/c1-9-7-22(5-4-18-9)13(24)11-8-23(21-20-11)12-3-2-10(6-19-12)14(15,16)17;;/h2-3,6,8-9,18H,4-5,7H2,1H3;2*1H. The molecule has 7 nitrogen and oxygen atoms in total. The average molecular weight is 413 g/mol. The third kappa shape index (κ3) is 4.83. The molecule has 1 aliphatic heterocycles. The lowest BCUT2D eigenvalue weighted by Gasteiger charge is -2.31. The lowest BCUT2D eigenvalue weighted by atomic mass is 10.2. The molecule has 0 saturated carbocycles. The first-order valence-corrected chi connectivity index (χ1v) is 7.33. The minimum Gasteiger partial charge on any atom is -0.334 e. The van der Waals surface area contributed by atoms with Crippen molar-refractivity contribution < 1.29 is 18.0 Å². The number of hydrogen-bond donors (Lipinski definition) is 1. The molecule has 1 saturated heterocycles. The van der Waals surface area contributed by atoms with Crippen LogP contribution in [0.25, 0.3) is 5.82 Å². The van der Waals surface area contributed by atoms with Gasteiger partial charge in [0.15, 0.2) is 11.5 Å².